The molecule has 0 fully saturated rings. The van der Waals surface area contributed by atoms with Crippen LogP contribution >= 0.6 is 11.6 Å². The number of non-ortho nitro benzene ring substituents is 1. The van der Waals surface area contributed by atoms with Gasteiger partial charge >= 0.3 is 0 Å². The van der Waals surface area contributed by atoms with Crippen molar-refractivity contribution in [2.45, 2.75) is 32.6 Å². The van der Waals surface area contributed by atoms with Crippen LogP contribution in [0.5, 0.6) is 0 Å². The molecule has 0 atom stereocenters. The Bertz CT molecular complexity index is 404. The van der Waals surface area contributed by atoms with E-state index in [9.17, 15) is 10.1 Å². The summed E-state index contributed by atoms with van der Waals surface area (Å²) in [6.45, 7) is 6.12. The summed E-state index contributed by atoms with van der Waals surface area (Å²) in [5.41, 5.74) is 1.94. The van der Waals surface area contributed by atoms with Crippen LogP contribution in [0, 0.1) is 10.1 Å². The van der Waals surface area contributed by atoms with Gasteiger partial charge in [-0.3, -0.25) is 10.1 Å². The molecule has 0 aromatic heterocycles. The van der Waals surface area contributed by atoms with Gasteiger partial charge in [0.05, 0.1) is 4.92 Å². The normalized spacial score (nSPS) is 10.4. The molecule has 0 heterocycles. The van der Waals surface area contributed by atoms with E-state index in [2.05, 4.69) is 18.7 Å². The van der Waals surface area contributed by atoms with E-state index in [1.165, 1.54) is 0 Å². The fourth-order valence-corrected chi connectivity index (χ4v) is 2.21. The number of benzene rings is 1. The number of anilines is 1. The second-order valence-electron chi connectivity index (χ2n) is 4.19. The fourth-order valence-electron chi connectivity index (χ4n) is 1.99. The Morgan fingerprint density at radius 1 is 1.28 bits per heavy atom. The Hall–Kier alpha value is -1.29. The molecule has 0 saturated carbocycles. The molecule has 0 N–H and O–H groups in total. The van der Waals surface area contributed by atoms with Crippen molar-refractivity contribution in [3.63, 3.8) is 0 Å². The Balaban J connectivity index is 3.09. The van der Waals surface area contributed by atoms with Crippen LogP contribution in [0.15, 0.2) is 18.2 Å². The van der Waals surface area contributed by atoms with E-state index in [1.54, 1.807) is 18.2 Å². The summed E-state index contributed by atoms with van der Waals surface area (Å²) in [5.74, 6) is 0.293. The zero-order valence-corrected chi connectivity index (χ0v) is 11.6. The third-order valence-corrected chi connectivity index (χ3v) is 3.03. The van der Waals surface area contributed by atoms with Gasteiger partial charge in [0.1, 0.15) is 0 Å². The molecule has 0 aliphatic heterocycles. The van der Waals surface area contributed by atoms with E-state index in [-0.39, 0.29) is 10.6 Å². The molecule has 4 nitrogen and oxygen atoms in total. The molecule has 0 unspecified atom stereocenters. The van der Waals surface area contributed by atoms with Gasteiger partial charge in [-0.1, -0.05) is 13.8 Å². The molecule has 0 aliphatic rings. The van der Waals surface area contributed by atoms with E-state index in [0.29, 0.717) is 5.88 Å². The summed E-state index contributed by atoms with van der Waals surface area (Å²) < 4.78 is 0. The van der Waals surface area contributed by atoms with Crippen molar-refractivity contribution in [2.24, 2.45) is 0 Å². The summed E-state index contributed by atoms with van der Waals surface area (Å²) in [6.07, 6.45) is 2.08. The van der Waals surface area contributed by atoms with Crippen molar-refractivity contribution in [1.29, 1.82) is 0 Å². The Morgan fingerprint density at radius 3 is 2.33 bits per heavy atom. The lowest BCUT2D eigenvalue weighted by Gasteiger charge is -2.25. The first kappa shape index (κ1) is 14.8. The van der Waals surface area contributed by atoms with Crippen molar-refractivity contribution in [3.05, 3.63) is 33.9 Å². The maximum Gasteiger partial charge on any atom is 0.269 e. The average molecular weight is 271 g/mol. The van der Waals surface area contributed by atoms with Gasteiger partial charge in [0, 0.05) is 36.8 Å². The van der Waals surface area contributed by atoms with Crippen LogP contribution < -0.4 is 4.90 Å². The minimum absolute atomic E-state index is 0.0994. The minimum atomic E-state index is -0.385. The van der Waals surface area contributed by atoms with Crippen LogP contribution in [0.25, 0.3) is 0 Å². The van der Waals surface area contributed by atoms with Crippen LogP contribution in [-0.2, 0) is 5.88 Å². The zero-order valence-electron chi connectivity index (χ0n) is 10.9. The molecule has 100 valence electrons. The SMILES string of the molecule is CCCN(CCC)c1ccc([N+](=O)[O-])cc1CCl. The number of alkyl halides is 1. The van der Waals surface area contributed by atoms with Gasteiger partial charge in [0.25, 0.3) is 5.69 Å². The zero-order chi connectivity index (χ0) is 13.5. The minimum Gasteiger partial charge on any atom is -0.371 e. The third kappa shape index (κ3) is 3.60. The van der Waals surface area contributed by atoms with Crippen molar-refractivity contribution in [1.82, 2.24) is 0 Å². The molecule has 0 spiro atoms. The topological polar surface area (TPSA) is 46.4 Å². The van der Waals surface area contributed by atoms with E-state index in [1.807, 2.05) is 0 Å². The molecule has 1 aromatic carbocycles. The number of halogens is 1. The van der Waals surface area contributed by atoms with Crippen LogP contribution in [-0.4, -0.2) is 18.0 Å². The maximum absolute atomic E-state index is 10.8. The highest BCUT2D eigenvalue weighted by atomic mass is 35.5. The highest BCUT2D eigenvalue weighted by Gasteiger charge is 2.14. The van der Waals surface area contributed by atoms with Crippen LogP contribution in [0.2, 0.25) is 0 Å². The first-order valence-corrected chi connectivity index (χ1v) is 6.75. The van der Waals surface area contributed by atoms with Gasteiger partial charge in [-0.15, -0.1) is 11.6 Å². The summed E-state index contributed by atoms with van der Waals surface area (Å²) in [4.78, 5) is 12.6. The molecule has 5 heteroatoms. The van der Waals surface area contributed by atoms with Crippen molar-refractivity contribution >= 4 is 23.0 Å². The number of nitrogens with zero attached hydrogens (tertiary/aromatic N) is 2. The average Bonchev–Trinajstić information content (AvgIpc) is 2.37. The maximum atomic E-state index is 10.8. The third-order valence-electron chi connectivity index (χ3n) is 2.75. The van der Waals surface area contributed by atoms with E-state index in [4.69, 9.17) is 11.6 Å². The highest BCUT2D eigenvalue weighted by molar-refractivity contribution is 6.17. The molecule has 0 saturated heterocycles. The quantitative estimate of drug-likeness (QED) is 0.428. The van der Waals surface area contributed by atoms with Gasteiger partial charge in [0.2, 0.25) is 0 Å². The smallest absolute Gasteiger partial charge is 0.269 e. The summed E-state index contributed by atoms with van der Waals surface area (Å²) in [5, 5.41) is 10.8. The van der Waals surface area contributed by atoms with E-state index >= 15 is 0 Å². The van der Waals surface area contributed by atoms with Gasteiger partial charge in [0.15, 0.2) is 0 Å². The van der Waals surface area contributed by atoms with Gasteiger partial charge < -0.3 is 4.90 Å². The predicted octanol–water partition coefficient (Wildman–Crippen LogP) is 3.96. The standard InChI is InChI=1S/C13H19ClN2O2/c1-3-7-15(8-4-2)13-6-5-12(16(17)18)9-11(13)10-14/h5-6,9H,3-4,7-8,10H2,1-2H3. The molecule has 0 radical (unpaired) electrons. The lowest BCUT2D eigenvalue weighted by molar-refractivity contribution is -0.384. The van der Waals surface area contributed by atoms with Crippen LogP contribution in [0.3, 0.4) is 0 Å². The van der Waals surface area contributed by atoms with Gasteiger partial charge in [-0.05, 0) is 24.5 Å². The number of nitro groups is 1. The molecule has 18 heavy (non-hydrogen) atoms. The largest absolute Gasteiger partial charge is 0.371 e. The monoisotopic (exact) mass is 270 g/mol. The van der Waals surface area contributed by atoms with Crippen LogP contribution in [0.1, 0.15) is 32.3 Å². The van der Waals surface area contributed by atoms with Crippen molar-refractivity contribution < 1.29 is 4.92 Å². The lowest BCUT2D eigenvalue weighted by atomic mass is 10.1. The van der Waals surface area contributed by atoms with Crippen molar-refractivity contribution in [3.8, 4) is 0 Å². The summed E-state index contributed by atoms with van der Waals surface area (Å²) >= 11 is 5.90. The molecule has 0 aliphatic carbocycles. The Kier molecular flexibility index (Phi) is 5.92. The van der Waals surface area contributed by atoms with Crippen molar-refractivity contribution in [2.75, 3.05) is 18.0 Å². The Morgan fingerprint density at radius 2 is 1.89 bits per heavy atom. The number of hydrogen-bond acceptors (Lipinski definition) is 3. The molecular formula is C13H19ClN2O2. The van der Waals surface area contributed by atoms with Crippen LogP contribution in [0.4, 0.5) is 11.4 Å². The Labute approximate surface area is 113 Å². The molecule has 0 bridgehead atoms. The van der Waals surface area contributed by atoms with Gasteiger partial charge in [-0.25, -0.2) is 0 Å². The lowest BCUT2D eigenvalue weighted by Crippen LogP contribution is -2.25. The molecule has 0 amide bonds. The second kappa shape index (κ2) is 7.21. The van der Waals surface area contributed by atoms with Gasteiger partial charge in [-0.2, -0.15) is 0 Å². The van der Waals surface area contributed by atoms with E-state index < -0.39 is 0 Å². The first-order valence-electron chi connectivity index (χ1n) is 6.22. The van der Waals surface area contributed by atoms with E-state index in [0.717, 1.165) is 37.2 Å². The summed E-state index contributed by atoms with van der Waals surface area (Å²) in [7, 11) is 0. The second-order valence-corrected chi connectivity index (χ2v) is 4.46. The molecular weight excluding hydrogens is 252 g/mol. The molecule has 1 aromatic rings. The number of nitro benzene ring substituents is 1. The number of rotatable bonds is 7. The first-order chi connectivity index (χ1) is 8.63. The fraction of sp³-hybridized carbons (Fsp3) is 0.538. The predicted molar refractivity (Wildman–Crippen MR) is 75.4 cm³/mol. The number of hydrogen-bond donors (Lipinski definition) is 0. The highest BCUT2D eigenvalue weighted by Crippen LogP contribution is 2.27. The summed E-state index contributed by atoms with van der Waals surface area (Å²) in [6, 6.07) is 4.92. The molecule has 1 rings (SSSR count).